The Morgan fingerprint density at radius 3 is 2.17 bits per heavy atom. The van der Waals surface area contributed by atoms with Crippen molar-refractivity contribution in [2.75, 3.05) is 0 Å². The van der Waals surface area contributed by atoms with E-state index in [1.807, 2.05) is 42.5 Å². The van der Waals surface area contributed by atoms with Gasteiger partial charge in [0.2, 0.25) is 11.8 Å². The Kier molecular flexibility index (Phi) is 3.11. The van der Waals surface area contributed by atoms with Crippen LogP contribution in [0.2, 0.25) is 0 Å². The molecule has 0 spiro atoms. The van der Waals surface area contributed by atoms with Gasteiger partial charge in [-0.15, -0.1) is 0 Å². The topological polar surface area (TPSA) is 74.7 Å². The first-order chi connectivity index (χ1) is 11.1. The molecule has 1 N–H and O–H groups in total. The lowest BCUT2D eigenvalue weighted by Crippen LogP contribution is -2.47. The van der Waals surface area contributed by atoms with E-state index in [9.17, 15) is 19.5 Å². The number of carboxylic acid groups (broad SMARTS) is 1. The van der Waals surface area contributed by atoms with Crippen LogP contribution in [0.25, 0.3) is 0 Å². The van der Waals surface area contributed by atoms with Gasteiger partial charge in [-0.2, -0.15) is 0 Å². The minimum Gasteiger partial charge on any atom is -0.480 e. The first-order valence-corrected chi connectivity index (χ1v) is 7.90. The summed E-state index contributed by atoms with van der Waals surface area (Å²) in [6.45, 7) is 0. The van der Waals surface area contributed by atoms with Gasteiger partial charge < -0.3 is 5.11 Å². The Morgan fingerprint density at radius 2 is 1.65 bits per heavy atom. The molecule has 2 fully saturated rings. The monoisotopic (exact) mass is 311 g/mol. The summed E-state index contributed by atoms with van der Waals surface area (Å²) in [6, 6.07) is 7.99. The standard InChI is InChI=1S/C18H17NO4/c20-16-14-11-6-7-12(9-11)15(14)17(21)19(16)13(18(22)23)8-10-4-2-1-3-5-10/h1-7,11-15H,8-9H2,(H,22,23)/t11-,12-,13+,14-,15+/m0/s1. The highest BCUT2D eigenvalue weighted by atomic mass is 16.4. The zero-order chi connectivity index (χ0) is 16.1. The van der Waals surface area contributed by atoms with E-state index in [2.05, 4.69) is 0 Å². The highest BCUT2D eigenvalue weighted by Gasteiger charge is 2.61. The van der Waals surface area contributed by atoms with Crippen molar-refractivity contribution >= 4 is 17.8 Å². The molecule has 1 saturated carbocycles. The highest BCUT2D eigenvalue weighted by molar-refractivity contribution is 6.08. The minimum atomic E-state index is -1.13. The van der Waals surface area contributed by atoms with Gasteiger partial charge in [0.15, 0.2) is 0 Å². The number of allylic oxidation sites excluding steroid dienone is 2. The molecule has 1 saturated heterocycles. The molecule has 0 unspecified atom stereocenters. The van der Waals surface area contributed by atoms with Gasteiger partial charge in [0.1, 0.15) is 6.04 Å². The number of imide groups is 1. The van der Waals surface area contributed by atoms with Crippen LogP contribution in [0.15, 0.2) is 42.5 Å². The Balaban J connectivity index is 1.64. The van der Waals surface area contributed by atoms with Crippen molar-refractivity contribution in [1.29, 1.82) is 0 Å². The van der Waals surface area contributed by atoms with Crippen LogP contribution in [-0.4, -0.2) is 33.8 Å². The third-order valence-corrected chi connectivity index (χ3v) is 5.37. The van der Waals surface area contributed by atoms with E-state index in [0.29, 0.717) is 0 Å². The molecule has 2 amide bonds. The zero-order valence-electron chi connectivity index (χ0n) is 12.5. The maximum atomic E-state index is 12.7. The lowest BCUT2D eigenvalue weighted by atomic mass is 9.85. The van der Waals surface area contributed by atoms with Crippen molar-refractivity contribution in [3.8, 4) is 0 Å². The predicted octanol–water partition coefficient (Wildman–Crippen LogP) is 1.49. The Hall–Kier alpha value is -2.43. The first-order valence-electron chi connectivity index (χ1n) is 7.90. The van der Waals surface area contributed by atoms with Crippen molar-refractivity contribution in [3.05, 3.63) is 48.0 Å². The molecule has 2 aliphatic carbocycles. The molecule has 1 heterocycles. The average Bonchev–Trinajstić information content (AvgIpc) is 3.21. The summed E-state index contributed by atoms with van der Waals surface area (Å²) in [5.74, 6) is -2.25. The normalized spacial score (nSPS) is 32.4. The predicted molar refractivity (Wildman–Crippen MR) is 81.1 cm³/mol. The van der Waals surface area contributed by atoms with Crippen LogP contribution >= 0.6 is 0 Å². The third-order valence-electron chi connectivity index (χ3n) is 5.37. The van der Waals surface area contributed by atoms with Gasteiger partial charge >= 0.3 is 5.97 Å². The van der Waals surface area contributed by atoms with Crippen LogP contribution in [0.3, 0.4) is 0 Å². The van der Waals surface area contributed by atoms with Crippen molar-refractivity contribution in [2.24, 2.45) is 23.7 Å². The van der Waals surface area contributed by atoms with Crippen molar-refractivity contribution < 1.29 is 19.5 Å². The average molecular weight is 311 g/mol. The first kappa shape index (κ1) is 14.2. The maximum absolute atomic E-state index is 12.7. The van der Waals surface area contributed by atoms with E-state index in [4.69, 9.17) is 0 Å². The van der Waals surface area contributed by atoms with Gasteiger partial charge in [-0.05, 0) is 23.8 Å². The fraction of sp³-hybridized carbons (Fsp3) is 0.389. The third kappa shape index (κ3) is 2.03. The number of carbonyl (C=O) groups excluding carboxylic acids is 2. The number of fused-ring (bicyclic) bond motifs is 5. The highest BCUT2D eigenvalue weighted by Crippen LogP contribution is 2.52. The van der Waals surface area contributed by atoms with E-state index >= 15 is 0 Å². The molecule has 3 aliphatic rings. The Morgan fingerprint density at radius 1 is 1.09 bits per heavy atom. The zero-order valence-corrected chi connectivity index (χ0v) is 12.5. The number of aliphatic carboxylic acids is 1. The van der Waals surface area contributed by atoms with Gasteiger partial charge in [0.25, 0.3) is 0 Å². The van der Waals surface area contributed by atoms with Crippen LogP contribution in [0.1, 0.15) is 12.0 Å². The molecule has 0 radical (unpaired) electrons. The summed E-state index contributed by atoms with van der Waals surface area (Å²) in [5, 5.41) is 9.58. The summed E-state index contributed by atoms with van der Waals surface area (Å²) in [6.07, 6.45) is 5.01. The quantitative estimate of drug-likeness (QED) is 0.675. The van der Waals surface area contributed by atoms with E-state index in [1.54, 1.807) is 0 Å². The summed E-state index contributed by atoms with van der Waals surface area (Å²) in [5.41, 5.74) is 0.804. The molecule has 5 atom stereocenters. The largest absolute Gasteiger partial charge is 0.480 e. The Labute approximate surface area is 133 Å². The van der Waals surface area contributed by atoms with Gasteiger partial charge in [0.05, 0.1) is 11.8 Å². The second kappa shape index (κ2) is 5.05. The van der Waals surface area contributed by atoms with E-state index in [1.165, 1.54) is 0 Å². The molecule has 118 valence electrons. The summed E-state index contributed by atoms with van der Waals surface area (Å²) in [7, 11) is 0. The molecule has 0 aromatic heterocycles. The van der Waals surface area contributed by atoms with Crippen molar-refractivity contribution in [3.63, 3.8) is 0 Å². The summed E-state index contributed by atoms with van der Waals surface area (Å²) in [4.78, 5) is 38.2. The van der Waals surface area contributed by atoms with Crippen LogP contribution < -0.4 is 0 Å². The number of carbonyl (C=O) groups is 3. The van der Waals surface area contributed by atoms with Crippen LogP contribution in [0, 0.1) is 23.7 Å². The van der Waals surface area contributed by atoms with Crippen molar-refractivity contribution in [2.45, 2.75) is 18.9 Å². The Bertz CT molecular complexity index is 681. The molecule has 1 aromatic rings. The lowest BCUT2D eigenvalue weighted by molar-refractivity contribution is -0.155. The van der Waals surface area contributed by atoms with Gasteiger partial charge in [-0.25, -0.2) is 4.79 Å². The SMILES string of the molecule is O=C(O)[C@@H](Cc1ccccc1)N1C(=O)[C@@H]2[C@H](C1=O)[C@H]1C=C[C@H]2C1. The van der Waals surface area contributed by atoms with E-state index in [-0.39, 0.29) is 41.9 Å². The fourth-order valence-electron chi connectivity index (χ4n) is 4.36. The number of carboxylic acids is 1. The second-order valence-electron chi connectivity index (χ2n) is 6.59. The van der Waals surface area contributed by atoms with E-state index < -0.39 is 12.0 Å². The van der Waals surface area contributed by atoms with Crippen LogP contribution in [0.5, 0.6) is 0 Å². The molecular formula is C18H17NO4. The molecule has 5 heteroatoms. The smallest absolute Gasteiger partial charge is 0.327 e. The summed E-state index contributed by atoms with van der Waals surface area (Å²) < 4.78 is 0. The number of amides is 2. The molecule has 4 rings (SSSR count). The molecular weight excluding hydrogens is 294 g/mol. The van der Waals surface area contributed by atoms with Crippen LogP contribution in [0.4, 0.5) is 0 Å². The fourth-order valence-corrected chi connectivity index (χ4v) is 4.36. The molecule has 2 bridgehead atoms. The second-order valence-corrected chi connectivity index (χ2v) is 6.59. The van der Waals surface area contributed by atoms with Crippen molar-refractivity contribution in [1.82, 2.24) is 4.90 Å². The number of likely N-dealkylation sites (tertiary alicyclic amines) is 1. The van der Waals surface area contributed by atoms with Gasteiger partial charge in [-0.3, -0.25) is 14.5 Å². The van der Waals surface area contributed by atoms with Gasteiger partial charge in [-0.1, -0.05) is 42.5 Å². The molecule has 5 nitrogen and oxygen atoms in total. The molecule has 1 aromatic carbocycles. The van der Waals surface area contributed by atoms with E-state index in [0.717, 1.165) is 16.9 Å². The number of rotatable bonds is 4. The van der Waals surface area contributed by atoms with Gasteiger partial charge in [0, 0.05) is 6.42 Å². The molecule has 23 heavy (non-hydrogen) atoms. The van der Waals surface area contributed by atoms with Crippen LogP contribution in [-0.2, 0) is 20.8 Å². The minimum absolute atomic E-state index is 0.0950. The number of benzene rings is 1. The lowest BCUT2D eigenvalue weighted by Gasteiger charge is -2.24. The maximum Gasteiger partial charge on any atom is 0.327 e. The number of hydrogen-bond donors (Lipinski definition) is 1. The molecule has 1 aliphatic heterocycles. The number of nitrogens with zero attached hydrogens (tertiary/aromatic N) is 1. The summed E-state index contributed by atoms with van der Waals surface area (Å²) >= 11 is 0. The number of hydrogen-bond acceptors (Lipinski definition) is 3.